The Morgan fingerprint density at radius 1 is 1.00 bits per heavy atom. The van der Waals surface area contributed by atoms with Gasteiger partial charge in [0, 0.05) is 18.2 Å². The number of benzene rings is 2. The highest BCUT2D eigenvalue weighted by atomic mass is 32.2. The van der Waals surface area contributed by atoms with Gasteiger partial charge in [-0.1, -0.05) is 6.07 Å². The number of hydrogen-bond acceptors (Lipinski definition) is 6. The fourth-order valence-corrected chi connectivity index (χ4v) is 4.06. The average molecular weight is 429 g/mol. The van der Waals surface area contributed by atoms with Crippen LogP contribution in [-0.4, -0.2) is 39.0 Å². The van der Waals surface area contributed by atoms with Crippen molar-refractivity contribution in [3.8, 4) is 22.8 Å². The van der Waals surface area contributed by atoms with Gasteiger partial charge in [-0.3, -0.25) is 4.79 Å². The van der Waals surface area contributed by atoms with E-state index in [1.807, 2.05) is 19.1 Å². The molecule has 2 aromatic carbocycles. The van der Waals surface area contributed by atoms with Crippen molar-refractivity contribution in [1.29, 1.82) is 0 Å². The fourth-order valence-electron chi connectivity index (χ4n) is 2.89. The molecule has 0 aliphatic heterocycles. The number of ether oxygens (including phenoxy) is 2. The van der Waals surface area contributed by atoms with Crippen molar-refractivity contribution in [3.63, 3.8) is 0 Å². The maximum Gasteiger partial charge on any atom is 0.266 e. The molecule has 0 bridgehead atoms. The van der Waals surface area contributed by atoms with E-state index in [1.54, 1.807) is 37.4 Å². The normalized spacial score (nSPS) is 11.3. The topological polar surface area (TPSA) is 99.5 Å². The Morgan fingerprint density at radius 2 is 1.73 bits per heavy atom. The number of nitrogens with one attached hydrogen (secondary N) is 1. The molecule has 0 aliphatic carbocycles. The largest absolute Gasteiger partial charge is 0.497 e. The predicted molar refractivity (Wildman–Crippen MR) is 113 cm³/mol. The minimum Gasteiger partial charge on any atom is -0.497 e. The van der Waals surface area contributed by atoms with Gasteiger partial charge in [0.15, 0.2) is 0 Å². The molecule has 158 valence electrons. The predicted octanol–water partition coefficient (Wildman–Crippen LogP) is 2.21. The van der Waals surface area contributed by atoms with Crippen LogP contribution in [0, 0.1) is 6.92 Å². The number of methoxy groups -OCH3 is 2. The molecular formula is C21H23N3O5S. The van der Waals surface area contributed by atoms with Crippen molar-refractivity contribution < 1.29 is 17.9 Å². The van der Waals surface area contributed by atoms with Crippen LogP contribution in [0.1, 0.15) is 5.56 Å². The van der Waals surface area contributed by atoms with Gasteiger partial charge in [0.1, 0.15) is 16.4 Å². The Kier molecular flexibility index (Phi) is 6.53. The van der Waals surface area contributed by atoms with Crippen LogP contribution >= 0.6 is 0 Å². The Bertz CT molecular complexity index is 1190. The van der Waals surface area contributed by atoms with Gasteiger partial charge in [-0.2, -0.15) is 5.10 Å². The van der Waals surface area contributed by atoms with Crippen molar-refractivity contribution in [3.05, 3.63) is 70.5 Å². The summed E-state index contributed by atoms with van der Waals surface area (Å²) in [4.78, 5) is 12.2. The number of rotatable bonds is 8. The van der Waals surface area contributed by atoms with Crippen LogP contribution < -0.4 is 19.8 Å². The zero-order valence-electron chi connectivity index (χ0n) is 17.0. The van der Waals surface area contributed by atoms with Gasteiger partial charge in [-0.25, -0.2) is 17.8 Å². The van der Waals surface area contributed by atoms with Gasteiger partial charge < -0.3 is 9.47 Å². The van der Waals surface area contributed by atoms with Gasteiger partial charge in [-0.15, -0.1) is 0 Å². The Hall–Kier alpha value is -3.17. The molecule has 1 N–H and O–H groups in total. The van der Waals surface area contributed by atoms with Crippen LogP contribution in [0.2, 0.25) is 0 Å². The van der Waals surface area contributed by atoms with Crippen LogP contribution in [0.5, 0.6) is 11.5 Å². The number of aryl methyl sites for hydroxylation is 1. The molecule has 9 heteroatoms. The second-order valence-corrected chi connectivity index (χ2v) is 8.30. The zero-order valence-corrected chi connectivity index (χ0v) is 17.8. The summed E-state index contributed by atoms with van der Waals surface area (Å²) in [6.45, 7) is 1.93. The lowest BCUT2D eigenvalue weighted by atomic mass is 10.1. The van der Waals surface area contributed by atoms with E-state index in [-0.39, 0.29) is 29.3 Å². The minimum atomic E-state index is -3.80. The van der Waals surface area contributed by atoms with E-state index >= 15 is 0 Å². The molecule has 8 nitrogen and oxygen atoms in total. The minimum absolute atomic E-state index is 0.00165. The Morgan fingerprint density at radius 3 is 2.40 bits per heavy atom. The first-order chi connectivity index (χ1) is 14.3. The van der Waals surface area contributed by atoms with E-state index in [4.69, 9.17) is 9.47 Å². The quantitative estimate of drug-likeness (QED) is 0.589. The lowest BCUT2D eigenvalue weighted by Gasteiger charge is -2.12. The van der Waals surface area contributed by atoms with Crippen molar-refractivity contribution in [2.24, 2.45) is 0 Å². The van der Waals surface area contributed by atoms with Crippen molar-refractivity contribution in [2.75, 3.05) is 20.8 Å². The molecule has 0 radical (unpaired) electrons. The standard InChI is InChI=1S/C21H23N3O5S/c1-15-4-10-20(19(14-15)29-3)30(26,27)22-12-13-24-21(25)11-9-18(23-24)16-5-7-17(28-2)8-6-16/h4-11,14,22H,12-13H2,1-3H3. The Balaban J connectivity index is 1.75. The fraction of sp³-hybridized carbons (Fsp3) is 0.238. The third kappa shape index (κ3) is 4.87. The summed E-state index contributed by atoms with van der Waals surface area (Å²) in [6, 6.07) is 15.1. The van der Waals surface area contributed by atoms with Crippen LogP contribution in [-0.2, 0) is 16.6 Å². The molecule has 0 fully saturated rings. The van der Waals surface area contributed by atoms with Crippen LogP contribution in [0.25, 0.3) is 11.3 Å². The lowest BCUT2D eigenvalue weighted by Crippen LogP contribution is -2.32. The molecule has 0 spiro atoms. The molecule has 0 unspecified atom stereocenters. The van der Waals surface area contributed by atoms with Gasteiger partial charge in [0.25, 0.3) is 5.56 Å². The molecular weight excluding hydrogens is 406 g/mol. The first-order valence-electron chi connectivity index (χ1n) is 9.21. The zero-order chi connectivity index (χ0) is 21.7. The monoisotopic (exact) mass is 429 g/mol. The van der Waals surface area contributed by atoms with Gasteiger partial charge in [0.05, 0.1) is 26.5 Å². The van der Waals surface area contributed by atoms with Crippen LogP contribution in [0.4, 0.5) is 0 Å². The molecule has 3 aromatic rings. The first kappa shape index (κ1) is 21.5. The second kappa shape index (κ2) is 9.10. The summed E-state index contributed by atoms with van der Waals surface area (Å²) in [5, 5.41) is 4.34. The molecule has 0 atom stereocenters. The van der Waals surface area contributed by atoms with Crippen LogP contribution in [0.3, 0.4) is 0 Å². The molecule has 0 aliphatic rings. The van der Waals surface area contributed by atoms with E-state index in [1.165, 1.54) is 23.9 Å². The number of sulfonamides is 1. The highest BCUT2D eigenvalue weighted by Crippen LogP contribution is 2.24. The number of nitrogens with zero attached hydrogens (tertiary/aromatic N) is 2. The van der Waals surface area contributed by atoms with Crippen LogP contribution in [0.15, 0.2) is 64.3 Å². The summed E-state index contributed by atoms with van der Waals surface area (Å²) in [5.41, 5.74) is 1.98. The summed E-state index contributed by atoms with van der Waals surface area (Å²) >= 11 is 0. The highest BCUT2D eigenvalue weighted by molar-refractivity contribution is 7.89. The van der Waals surface area contributed by atoms with Crippen molar-refractivity contribution in [1.82, 2.24) is 14.5 Å². The van der Waals surface area contributed by atoms with Gasteiger partial charge in [-0.05, 0) is 55.0 Å². The van der Waals surface area contributed by atoms with E-state index in [9.17, 15) is 13.2 Å². The summed E-state index contributed by atoms with van der Waals surface area (Å²) in [7, 11) is -0.802. The third-order valence-corrected chi connectivity index (χ3v) is 5.98. The summed E-state index contributed by atoms with van der Waals surface area (Å²) < 4.78 is 39.3. The van der Waals surface area contributed by atoms with E-state index in [2.05, 4.69) is 9.82 Å². The summed E-state index contributed by atoms with van der Waals surface area (Å²) in [6.07, 6.45) is 0. The molecule has 0 saturated heterocycles. The molecule has 3 rings (SSSR count). The summed E-state index contributed by atoms with van der Waals surface area (Å²) in [5.74, 6) is 0.979. The van der Waals surface area contributed by atoms with E-state index < -0.39 is 10.0 Å². The maximum absolute atomic E-state index is 12.6. The van der Waals surface area contributed by atoms with E-state index in [0.29, 0.717) is 11.4 Å². The smallest absolute Gasteiger partial charge is 0.266 e. The Labute approximate surface area is 175 Å². The lowest BCUT2D eigenvalue weighted by molar-refractivity contribution is 0.402. The van der Waals surface area contributed by atoms with Crippen molar-refractivity contribution in [2.45, 2.75) is 18.4 Å². The SMILES string of the molecule is COc1ccc(-c2ccc(=O)n(CCNS(=O)(=O)c3ccc(C)cc3OC)n2)cc1. The number of hydrogen-bond donors (Lipinski definition) is 1. The van der Waals surface area contributed by atoms with E-state index in [0.717, 1.165) is 11.1 Å². The molecule has 0 amide bonds. The first-order valence-corrected chi connectivity index (χ1v) is 10.7. The van der Waals surface area contributed by atoms with Crippen molar-refractivity contribution >= 4 is 10.0 Å². The third-order valence-electron chi connectivity index (χ3n) is 4.48. The maximum atomic E-state index is 12.6. The molecule has 1 aromatic heterocycles. The average Bonchev–Trinajstić information content (AvgIpc) is 2.74. The molecule has 1 heterocycles. The second-order valence-electron chi connectivity index (χ2n) is 6.56. The van der Waals surface area contributed by atoms with Gasteiger partial charge >= 0.3 is 0 Å². The van der Waals surface area contributed by atoms with Gasteiger partial charge in [0.2, 0.25) is 10.0 Å². The highest BCUT2D eigenvalue weighted by Gasteiger charge is 2.19. The molecule has 30 heavy (non-hydrogen) atoms. The number of aromatic nitrogens is 2. The molecule has 0 saturated carbocycles.